The van der Waals surface area contributed by atoms with E-state index in [1.54, 1.807) is 0 Å². The minimum atomic E-state index is 0. The van der Waals surface area contributed by atoms with Crippen molar-refractivity contribution < 1.29 is 0 Å². The molecule has 1 aromatic carbocycles. The van der Waals surface area contributed by atoms with E-state index in [0.29, 0.717) is 0 Å². The van der Waals surface area contributed by atoms with Gasteiger partial charge in [0, 0.05) is 0 Å². The molecule has 0 saturated heterocycles. The van der Waals surface area contributed by atoms with Crippen molar-refractivity contribution in [1.82, 2.24) is 0 Å². The molecule has 0 aromatic heterocycles. The summed E-state index contributed by atoms with van der Waals surface area (Å²) in [6, 6.07) is 4.57. The van der Waals surface area contributed by atoms with Crippen LogP contribution < -0.4 is 0 Å². The van der Waals surface area contributed by atoms with E-state index in [9.17, 15) is 0 Å². The monoisotopic (exact) mass is 152 g/mol. The van der Waals surface area contributed by atoms with Crippen LogP contribution in [0.15, 0.2) is 18.2 Å². The molecule has 0 nitrogen and oxygen atoms in total. The zero-order valence-electron chi connectivity index (χ0n) is 7.02. The SMILES string of the molecule is Cc1cc2c(cc1C)CC=C2.[LiH]. The summed E-state index contributed by atoms with van der Waals surface area (Å²) in [5.41, 5.74) is 5.70. The van der Waals surface area contributed by atoms with E-state index >= 15 is 0 Å². The number of benzene rings is 1. The molecule has 0 fully saturated rings. The zero-order chi connectivity index (χ0) is 7.84. The number of allylic oxidation sites excluding steroid dienone is 1. The van der Waals surface area contributed by atoms with Gasteiger partial charge in [-0.2, -0.15) is 0 Å². The molecule has 1 aromatic rings. The van der Waals surface area contributed by atoms with Crippen molar-refractivity contribution in [3.63, 3.8) is 0 Å². The predicted molar refractivity (Wildman–Crippen MR) is 55.8 cm³/mol. The molecule has 0 spiro atoms. The Labute approximate surface area is 85.9 Å². The average molecular weight is 152 g/mol. The molecule has 0 heterocycles. The summed E-state index contributed by atoms with van der Waals surface area (Å²) in [5.74, 6) is 0. The van der Waals surface area contributed by atoms with Gasteiger partial charge in [0.15, 0.2) is 0 Å². The van der Waals surface area contributed by atoms with Crippen molar-refractivity contribution in [2.75, 3.05) is 0 Å². The van der Waals surface area contributed by atoms with E-state index in [-0.39, 0.29) is 18.9 Å². The van der Waals surface area contributed by atoms with Gasteiger partial charge in [-0.3, -0.25) is 0 Å². The van der Waals surface area contributed by atoms with E-state index < -0.39 is 0 Å². The normalized spacial score (nSPS) is 12.5. The summed E-state index contributed by atoms with van der Waals surface area (Å²) >= 11 is 0. The summed E-state index contributed by atoms with van der Waals surface area (Å²) in [6.07, 6.45) is 5.56. The second-order valence-corrected chi connectivity index (χ2v) is 3.24. The van der Waals surface area contributed by atoms with Gasteiger partial charge in [0.25, 0.3) is 0 Å². The molecule has 2 rings (SSSR count). The molecule has 0 aliphatic heterocycles. The molecule has 1 aliphatic carbocycles. The number of hydrogen-bond donors (Lipinski definition) is 0. The maximum atomic E-state index is 2.30. The van der Waals surface area contributed by atoms with E-state index in [4.69, 9.17) is 0 Å². The molecule has 0 unspecified atom stereocenters. The third-order valence-electron chi connectivity index (χ3n) is 2.39. The molecule has 1 heteroatoms. The zero-order valence-corrected chi connectivity index (χ0v) is 7.02. The topological polar surface area (TPSA) is 0 Å². The molecule has 0 radical (unpaired) electrons. The Morgan fingerprint density at radius 3 is 2.50 bits per heavy atom. The van der Waals surface area contributed by atoms with Gasteiger partial charge < -0.3 is 0 Å². The van der Waals surface area contributed by atoms with Crippen LogP contribution in [0.2, 0.25) is 0 Å². The summed E-state index contributed by atoms with van der Waals surface area (Å²) < 4.78 is 0. The van der Waals surface area contributed by atoms with E-state index in [2.05, 4.69) is 38.1 Å². The second-order valence-electron chi connectivity index (χ2n) is 3.24. The fourth-order valence-electron chi connectivity index (χ4n) is 1.54. The third-order valence-corrected chi connectivity index (χ3v) is 2.39. The van der Waals surface area contributed by atoms with Crippen LogP contribution in [-0.2, 0) is 6.42 Å². The molecule has 0 bridgehead atoms. The molecular formula is C11H13Li. The summed E-state index contributed by atoms with van der Waals surface area (Å²) in [7, 11) is 0. The van der Waals surface area contributed by atoms with E-state index in [1.165, 1.54) is 22.3 Å². The van der Waals surface area contributed by atoms with Crippen LogP contribution in [0.25, 0.3) is 6.08 Å². The van der Waals surface area contributed by atoms with Crippen LogP contribution in [0.4, 0.5) is 0 Å². The van der Waals surface area contributed by atoms with Crippen LogP contribution in [-0.4, -0.2) is 18.9 Å². The Kier molecular flexibility index (Phi) is 2.83. The summed E-state index contributed by atoms with van der Waals surface area (Å²) in [5, 5.41) is 0. The Bertz CT molecular complexity index is 324. The number of rotatable bonds is 0. The van der Waals surface area contributed by atoms with Gasteiger partial charge in [0.1, 0.15) is 0 Å². The molecule has 0 saturated carbocycles. The minimum absolute atomic E-state index is 0. The first-order valence-electron chi connectivity index (χ1n) is 4.04. The van der Waals surface area contributed by atoms with Crippen molar-refractivity contribution >= 4 is 24.9 Å². The average Bonchev–Trinajstić information content (AvgIpc) is 2.36. The van der Waals surface area contributed by atoms with Gasteiger partial charge in [-0.1, -0.05) is 24.3 Å². The van der Waals surface area contributed by atoms with E-state index in [0.717, 1.165) is 6.42 Å². The Morgan fingerprint density at radius 2 is 1.75 bits per heavy atom. The number of hydrogen-bond acceptors (Lipinski definition) is 0. The standard InChI is InChI=1S/C11H12.Li.H/c1-8-6-10-4-3-5-11(10)7-9(8)2;;/h3-4,6-7H,5H2,1-2H3;;. The fraction of sp³-hybridized carbons (Fsp3) is 0.273. The number of fused-ring (bicyclic) bond motifs is 1. The van der Waals surface area contributed by atoms with Crippen LogP contribution in [0.3, 0.4) is 0 Å². The van der Waals surface area contributed by atoms with Crippen molar-refractivity contribution in [2.45, 2.75) is 20.3 Å². The summed E-state index contributed by atoms with van der Waals surface area (Å²) in [4.78, 5) is 0. The number of aryl methyl sites for hydroxylation is 2. The fourth-order valence-corrected chi connectivity index (χ4v) is 1.54. The van der Waals surface area contributed by atoms with Gasteiger partial charge in [0.05, 0.1) is 0 Å². The third kappa shape index (κ3) is 1.51. The molecule has 1 aliphatic rings. The molecule has 58 valence electrons. The molecule has 0 amide bonds. The van der Waals surface area contributed by atoms with Gasteiger partial charge in [-0.15, -0.1) is 0 Å². The van der Waals surface area contributed by atoms with Crippen LogP contribution in [0.5, 0.6) is 0 Å². The molecule has 0 atom stereocenters. The maximum absolute atomic E-state index is 2.30. The van der Waals surface area contributed by atoms with Crippen LogP contribution >= 0.6 is 0 Å². The molecule has 12 heavy (non-hydrogen) atoms. The van der Waals surface area contributed by atoms with Crippen LogP contribution in [0, 0.1) is 13.8 Å². The quantitative estimate of drug-likeness (QED) is 0.500. The van der Waals surface area contributed by atoms with Crippen molar-refractivity contribution in [3.8, 4) is 0 Å². The van der Waals surface area contributed by atoms with Gasteiger partial charge in [-0.25, -0.2) is 0 Å². The predicted octanol–water partition coefficient (Wildman–Crippen LogP) is 2.22. The molecule has 0 N–H and O–H groups in total. The van der Waals surface area contributed by atoms with Gasteiger partial charge in [-0.05, 0) is 42.5 Å². The second kappa shape index (κ2) is 3.52. The summed E-state index contributed by atoms with van der Waals surface area (Å²) in [6.45, 7) is 4.34. The van der Waals surface area contributed by atoms with Crippen LogP contribution in [0.1, 0.15) is 22.3 Å². The Morgan fingerprint density at radius 1 is 1.08 bits per heavy atom. The van der Waals surface area contributed by atoms with Crippen molar-refractivity contribution in [3.05, 3.63) is 40.5 Å². The molecular weight excluding hydrogens is 139 g/mol. The Hall–Kier alpha value is -0.443. The van der Waals surface area contributed by atoms with Gasteiger partial charge in [0.2, 0.25) is 0 Å². The van der Waals surface area contributed by atoms with Crippen molar-refractivity contribution in [1.29, 1.82) is 0 Å². The van der Waals surface area contributed by atoms with Crippen molar-refractivity contribution in [2.24, 2.45) is 0 Å². The Balaban J connectivity index is 0.000000720. The first-order valence-corrected chi connectivity index (χ1v) is 4.04. The van der Waals surface area contributed by atoms with E-state index in [1.807, 2.05) is 0 Å². The first-order chi connectivity index (χ1) is 5.27. The van der Waals surface area contributed by atoms with Gasteiger partial charge >= 0.3 is 18.9 Å². The first kappa shape index (κ1) is 9.64.